The SMILES string of the molecule is CCNC(Cc1c(F)cccc1Cl)c1cccnc1. The van der Waals surface area contributed by atoms with Gasteiger partial charge in [-0.05, 0) is 36.7 Å². The molecule has 1 heterocycles. The van der Waals surface area contributed by atoms with E-state index in [4.69, 9.17) is 11.6 Å². The maximum atomic E-state index is 13.8. The second-order valence-electron chi connectivity index (χ2n) is 4.30. The molecule has 0 bridgehead atoms. The van der Waals surface area contributed by atoms with Gasteiger partial charge in [0.25, 0.3) is 0 Å². The predicted molar refractivity (Wildman–Crippen MR) is 75.8 cm³/mol. The Morgan fingerprint density at radius 3 is 2.79 bits per heavy atom. The van der Waals surface area contributed by atoms with Gasteiger partial charge in [-0.1, -0.05) is 30.7 Å². The Hall–Kier alpha value is -1.45. The molecule has 0 saturated heterocycles. The smallest absolute Gasteiger partial charge is 0.127 e. The number of nitrogens with one attached hydrogen (secondary N) is 1. The van der Waals surface area contributed by atoms with Gasteiger partial charge in [0.05, 0.1) is 0 Å². The summed E-state index contributed by atoms with van der Waals surface area (Å²) in [5, 5.41) is 3.80. The first kappa shape index (κ1) is 14.0. The molecule has 0 spiro atoms. The first-order valence-electron chi connectivity index (χ1n) is 6.28. The lowest BCUT2D eigenvalue weighted by atomic mass is 9.99. The van der Waals surface area contributed by atoms with Crippen molar-refractivity contribution in [2.45, 2.75) is 19.4 Å². The second kappa shape index (κ2) is 6.64. The molecule has 1 N–H and O–H groups in total. The minimum Gasteiger partial charge on any atom is -0.310 e. The number of likely N-dealkylation sites (N-methyl/N-ethyl adjacent to an activating group) is 1. The summed E-state index contributed by atoms with van der Waals surface area (Å²) in [6, 6.07) is 8.64. The molecule has 100 valence electrons. The van der Waals surface area contributed by atoms with Gasteiger partial charge in [0.1, 0.15) is 5.82 Å². The van der Waals surface area contributed by atoms with E-state index in [1.165, 1.54) is 6.07 Å². The quantitative estimate of drug-likeness (QED) is 0.901. The summed E-state index contributed by atoms with van der Waals surface area (Å²) in [4.78, 5) is 4.11. The van der Waals surface area contributed by atoms with E-state index in [9.17, 15) is 4.39 Å². The average Bonchev–Trinajstić information content (AvgIpc) is 2.43. The molecule has 0 aliphatic heterocycles. The van der Waals surface area contributed by atoms with Crippen LogP contribution in [-0.2, 0) is 6.42 Å². The lowest BCUT2D eigenvalue weighted by molar-refractivity contribution is 0.527. The fourth-order valence-corrected chi connectivity index (χ4v) is 2.31. The molecular weight excluding hydrogens is 263 g/mol. The van der Waals surface area contributed by atoms with Crippen LogP contribution < -0.4 is 5.32 Å². The molecular formula is C15H16ClFN2. The molecule has 1 unspecified atom stereocenters. The molecule has 19 heavy (non-hydrogen) atoms. The van der Waals surface area contributed by atoms with Gasteiger partial charge in [0.15, 0.2) is 0 Å². The van der Waals surface area contributed by atoms with Crippen LogP contribution in [0.3, 0.4) is 0 Å². The van der Waals surface area contributed by atoms with E-state index in [1.807, 2.05) is 19.1 Å². The van der Waals surface area contributed by atoms with Crippen molar-refractivity contribution in [1.29, 1.82) is 0 Å². The number of benzene rings is 1. The van der Waals surface area contributed by atoms with E-state index >= 15 is 0 Å². The minimum atomic E-state index is -0.265. The Labute approximate surface area is 117 Å². The van der Waals surface area contributed by atoms with E-state index < -0.39 is 0 Å². The monoisotopic (exact) mass is 278 g/mol. The van der Waals surface area contributed by atoms with Crippen LogP contribution in [0, 0.1) is 5.82 Å². The summed E-state index contributed by atoms with van der Waals surface area (Å²) in [6.45, 7) is 2.82. The molecule has 4 heteroatoms. The fourth-order valence-electron chi connectivity index (χ4n) is 2.07. The highest BCUT2D eigenvalue weighted by Gasteiger charge is 2.16. The van der Waals surface area contributed by atoms with E-state index in [1.54, 1.807) is 24.5 Å². The Kier molecular flexibility index (Phi) is 4.88. The number of nitrogens with zero attached hydrogens (tertiary/aromatic N) is 1. The zero-order valence-electron chi connectivity index (χ0n) is 10.7. The van der Waals surface area contributed by atoms with Crippen LogP contribution in [-0.4, -0.2) is 11.5 Å². The Balaban J connectivity index is 2.27. The Morgan fingerprint density at radius 2 is 2.16 bits per heavy atom. The molecule has 1 aromatic heterocycles. The predicted octanol–water partition coefficient (Wildman–Crippen LogP) is 3.77. The van der Waals surface area contributed by atoms with E-state index in [-0.39, 0.29) is 11.9 Å². The second-order valence-corrected chi connectivity index (χ2v) is 4.71. The zero-order valence-corrected chi connectivity index (χ0v) is 11.5. The van der Waals surface area contributed by atoms with Crippen LogP contribution in [0.4, 0.5) is 4.39 Å². The van der Waals surface area contributed by atoms with Gasteiger partial charge in [-0.2, -0.15) is 0 Å². The van der Waals surface area contributed by atoms with Crippen LogP contribution in [0.2, 0.25) is 5.02 Å². The molecule has 0 fully saturated rings. The molecule has 1 aromatic carbocycles. The summed E-state index contributed by atoms with van der Waals surface area (Å²) in [5.74, 6) is -0.265. The van der Waals surface area contributed by atoms with Crippen molar-refractivity contribution in [1.82, 2.24) is 10.3 Å². The normalized spacial score (nSPS) is 12.4. The Morgan fingerprint density at radius 1 is 1.32 bits per heavy atom. The van der Waals surface area contributed by atoms with Crippen molar-refractivity contribution in [2.75, 3.05) is 6.54 Å². The minimum absolute atomic E-state index is 0.00750. The van der Waals surface area contributed by atoms with Crippen molar-refractivity contribution in [3.8, 4) is 0 Å². The lowest BCUT2D eigenvalue weighted by Gasteiger charge is -2.19. The van der Waals surface area contributed by atoms with Crippen molar-refractivity contribution < 1.29 is 4.39 Å². The van der Waals surface area contributed by atoms with Gasteiger partial charge in [0.2, 0.25) is 0 Å². The van der Waals surface area contributed by atoms with E-state index in [2.05, 4.69) is 10.3 Å². The van der Waals surface area contributed by atoms with Crippen LogP contribution in [0.5, 0.6) is 0 Å². The summed E-state index contributed by atoms with van der Waals surface area (Å²) in [7, 11) is 0. The first-order chi connectivity index (χ1) is 9.22. The number of rotatable bonds is 5. The molecule has 2 aromatic rings. The third-order valence-electron chi connectivity index (χ3n) is 3.01. The number of aromatic nitrogens is 1. The zero-order chi connectivity index (χ0) is 13.7. The summed E-state index contributed by atoms with van der Waals surface area (Å²) < 4.78 is 13.8. The van der Waals surface area contributed by atoms with Crippen molar-refractivity contribution >= 4 is 11.6 Å². The summed E-state index contributed by atoms with van der Waals surface area (Å²) in [6.07, 6.45) is 4.02. The molecule has 1 atom stereocenters. The van der Waals surface area contributed by atoms with Gasteiger partial charge in [-0.3, -0.25) is 4.98 Å². The third kappa shape index (κ3) is 3.52. The van der Waals surface area contributed by atoms with Gasteiger partial charge >= 0.3 is 0 Å². The lowest BCUT2D eigenvalue weighted by Crippen LogP contribution is -2.23. The summed E-state index contributed by atoms with van der Waals surface area (Å²) >= 11 is 6.08. The molecule has 2 nitrogen and oxygen atoms in total. The van der Waals surface area contributed by atoms with Crippen LogP contribution in [0.1, 0.15) is 24.1 Å². The largest absolute Gasteiger partial charge is 0.310 e. The maximum absolute atomic E-state index is 13.8. The highest BCUT2D eigenvalue weighted by atomic mass is 35.5. The van der Waals surface area contributed by atoms with Gasteiger partial charge < -0.3 is 5.32 Å². The number of hydrogen-bond acceptors (Lipinski definition) is 2. The number of halogens is 2. The van der Waals surface area contributed by atoms with Gasteiger partial charge in [-0.25, -0.2) is 4.39 Å². The van der Waals surface area contributed by atoms with Crippen molar-refractivity contribution in [2.24, 2.45) is 0 Å². The highest BCUT2D eigenvalue weighted by Crippen LogP contribution is 2.25. The van der Waals surface area contributed by atoms with Crippen LogP contribution in [0.15, 0.2) is 42.7 Å². The molecule has 0 saturated carbocycles. The van der Waals surface area contributed by atoms with Gasteiger partial charge in [-0.15, -0.1) is 0 Å². The average molecular weight is 279 g/mol. The van der Waals surface area contributed by atoms with Crippen LogP contribution >= 0.6 is 11.6 Å². The first-order valence-corrected chi connectivity index (χ1v) is 6.66. The molecule has 0 radical (unpaired) electrons. The third-order valence-corrected chi connectivity index (χ3v) is 3.36. The van der Waals surface area contributed by atoms with Gasteiger partial charge in [0, 0.05) is 29.0 Å². The number of pyridine rings is 1. The fraction of sp³-hybridized carbons (Fsp3) is 0.267. The summed E-state index contributed by atoms with van der Waals surface area (Å²) in [5.41, 5.74) is 1.57. The van der Waals surface area contributed by atoms with E-state index in [0.717, 1.165) is 12.1 Å². The Bertz CT molecular complexity index is 511. The van der Waals surface area contributed by atoms with Crippen molar-refractivity contribution in [3.63, 3.8) is 0 Å². The molecule has 0 aliphatic carbocycles. The van der Waals surface area contributed by atoms with E-state index in [0.29, 0.717) is 17.0 Å². The standard InChI is InChI=1S/C15H16ClFN2/c1-2-19-15(11-5-4-8-18-10-11)9-12-13(16)6-3-7-14(12)17/h3-8,10,15,19H,2,9H2,1H3. The number of hydrogen-bond donors (Lipinski definition) is 1. The molecule has 0 amide bonds. The van der Waals surface area contributed by atoms with Crippen molar-refractivity contribution in [3.05, 3.63) is 64.7 Å². The highest BCUT2D eigenvalue weighted by molar-refractivity contribution is 6.31. The van der Waals surface area contributed by atoms with Crippen LogP contribution in [0.25, 0.3) is 0 Å². The molecule has 0 aliphatic rings. The topological polar surface area (TPSA) is 24.9 Å². The maximum Gasteiger partial charge on any atom is 0.127 e. The molecule has 2 rings (SSSR count).